The van der Waals surface area contributed by atoms with Gasteiger partial charge in [-0.25, -0.2) is 12.9 Å². The molecular weight excluding hydrogens is 538 g/mol. The standard InChI is InChI=1S/C26H21F4N5O3S/c1-38-23-13-19(16-4-2-5-18(12-16)26(28,29)30)20(27)14-22(23)35-21-9-11-34(15-17(21)7-8-25(35)36)39(37)33-24-6-3-10-31-32-24/h2-8,10,12-14H,9,11,15H2,1H3,(H,32,33). The lowest BCUT2D eigenvalue weighted by molar-refractivity contribution is -0.137. The van der Waals surface area contributed by atoms with Crippen LogP contribution in [0.3, 0.4) is 0 Å². The summed E-state index contributed by atoms with van der Waals surface area (Å²) in [5, 5.41) is 7.61. The molecule has 202 valence electrons. The molecule has 0 bridgehead atoms. The number of rotatable bonds is 6. The van der Waals surface area contributed by atoms with Crippen molar-refractivity contribution in [2.45, 2.75) is 19.1 Å². The van der Waals surface area contributed by atoms with E-state index in [1.54, 1.807) is 22.5 Å². The zero-order valence-electron chi connectivity index (χ0n) is 20.4. The van der Waals surface area contributed by atoms with Gasteiger partial charge in [-0.15, -0.1) is 5.10 Å². The van der Waals surface area contributed by atoms with Gasteiger partial charge in [0.25, 0.3) is 5.56 Å². The predicted molar refractivity (Wildman–Crippen MR) is 137 cm³/mol. The van der Waals surface area contributed by atoms with E-state index in [-0.39, 0.29) is 29.1 Å². The van der Waals surface area contributed by atoms with E-state index in [4.69, 9.17) is 4.74 Å². The predicted octanol–water partition coefficient (Wildman–Crippen LogP) is 4.51. The Morgan fingerprint density at radius 1 is 1.08 bits per heavy atom. The third kappa shape index (κ3) is 5.40. The number of nitrogens with zero attached hydrogens (tertiary/aromatic N) is 4. The van der Waals surface area contributed by atoms with Gasteiger partial charge in [0, 0.05) is 49.1 Å². The SMILES string of the molecule is COc1cc(-c2cccc(C(F)(F)F)c2)c(F)cc1-n1c2c(ccc1=O)CN(S(=O)Nc1cccnn1)CC2. The Hall–Kier alpha value is -4.10. The minimum absolute atomic E-state index is 0.0170. The number of halogens is 4. The molecule has 13 heteroatoms. The number of methoxy groups -OCH3 is 1. The van der Waals surface area contributed by atoms with Crippen molar-refractivity contribution >= 4 is 17.0 Å². The maximum absolute atomic E-state index is 15.4. The highest BCUT2D eigenvalue weighted by Gasteiger charge is 2.31. The first-order valence-corrected chi connectivity index (χ1v) is 12.8. The maximum Gasteiger partial charge on any atom is 0.416 e. The molecule has 0 amide bonds. The van der Waals surface area contributed by atoms with Crippen LogP contribution < -0.4 is 15.0 Å². The van der Waals surface area contributed by atoms with Crippen molar-refractivity contribution in [3.63, 3.8) is 0 Å². The third-order valence-corrected chi connectivity index (χ3v) is 7.41. The van der Waals surface area contributed by atoms with E-state index in [2.05, 4.69) is 14.9 Å². The van der Waals surface area contributed by atoms with Crippen molar-refractivity contribution in [2.24, 2.45) is 0 Å². The molecule has 2 aromatic heterocycles. The van der Waals surface area contributed by atoms with Crippen LogP contribution in [-0.4, -0.2) is 36.9 Å². The van der Waals surface area contributed by atoms with Crippen molar-refractivity contribution < 1.29 is 26.5 Å². The molecule has 1 aliphatic heterocycles. The molecule has 0 fully saturated rings. The highest BCUT2D eigenvalue weighted by molar-refractivity contribution is 7.84. The lowest BCUT2D eigenvalue weighted by Crippen LogP contribution is -2.38. The van der Waals surface area contributed by atoms with Crippen molar-refractivity contribution in [3.8, 4) is 22.6 Å². The van der Waals surface area contributed by atoms with Gasteiger partial charge >= 0.3 is 6.18 Å². The van der Waals surface area contributed by atoms with Crippen LogP contribution in [0, 0.1) is 5.82 Å². The van der Waals surface area contributed by atoms with Crippen LogP contribution in [0.15, 0.2) is 71.7 Å². The summed E-state index contributed by atoms with van der Waals surface area (Å²) in [5.74, 6) is -0.372. The fraction of sp³-hybridized carbons (Fsp3) is 0.192. The van der Waals surface area contributed by atoms with Crippen LogP contribution in [0.1, 0.15) is 16.8 Å². The molecule has 0 aliphatic carbocycles. The average molecular weight is 560 g/mol. The monoisotopic (exact) mass is 559 g/mol. The largest absolute Gasteiger partial charge is 0.495 e. The summed E-state index contributed by atoms with van der Waals surface area (Å²) >= 11 is -1.63. The Morgan fingerprint density at radius 2 is 1.90 bits per heavy atom. The highest BCUT2D eigenvalue weighted by Crippen LogP contribution is 2.36. The number of benzene rings is 2. The molecule has 0 saturated heterocycles. The fourth-order valence-corrected chi connectivity index (χ4v) is 5.35. The number of hydrogen-bond acceptors (Lipinski definition) is 5. The van der Waals surface area contributed by atoms with Gasteiger partial charge in [0.1, 0.15) is 11.6 Å². The second-order valence-electron chi connectivity index (χ2n) is 8.64. The summed E-state index contributed by atoms with van der Waals surface area (Å²) in [6.45, 7) is 0.534. The van der Waals surface area contributed by atoms with E-state index >= 15 is 4.39 Å². The Labute approximate surface area is 222 Å². The molecule has 39 heavy (non-hydrogen) atoms. The first-order valence-electron chi connectivity index (χ1n) is 11.7. The smallest absolute Gasteiger partial charge is 0.416 e. The second-order valence-corrected chi connectivity index (χ2v) is 9.85. The van der Waals surface area contributed by atoms with E-state index in [9.17, 15) is 22.2 Å². The summed E-state index contributed by atoms with van der Waals surface area (Å²) in [7, 11) is 1.33. The molecule has 0 spiro atoms. The quantitative estimate of drug-likeness (QED) is 0.351. The number of alkyl halides is 3. The molecule has 1 atom stereocenters. The molecule has 2 aromatic carbocycles. The van der Waals surface area contributed by atoms with Crippen LogP contribution in [0.25, 0.3) is 16.8 Å². The first kappa shape index (κ1) is 26.5. The Morgan fingerprint density at radius 3 is 2.62 bits per heavy atom. The van der Waals surface area contributed by atoms with Crippen molar-refractivity contribution in [1.29, 1.82) is 0 Å². The summed E-state index contributed by atoms with van der Waals surface area (Å²) < 4.78 is 79.1. The van der Waals surface area contributed by atoms with E-state index in [0.29, 0.717) is 30.0 Å². The summed E-state index contributed by atoms with van der Waals surface area (Å²) in [6, 6.07) is 12.9. The third-order valence-electron chi connectivity index (χ3n) is 6.24. The Balaban J connectivity index is 1.50. The summed E-state index contributed by atoms with van der Waals surface area (Å²) in [5.41, 5.74) is -0.0456. The van der Waals surface area contributed by atoms with E-state index in [0.717, 1.165) is 18.2 Å². The lowest BCUT2D eigenvalue weighted by atomic mass is 10.0. The molecule has 0 radical (unpaired) electrons. The van der Waals surface area contributed by atoms with Gasteiger partial charge in [-0.05, 0) is 41.5 Å². The van der Waals surface area contributed by atoms with Gasteiger partial charge in [0.15, 0.2) is 17.0 Å². The molecule has 8 nitrogen and oxygen atoms in total. The molecule has 0 saturated carbocycles. The number of ether oxygens (including phenoxy) is 1. The van der Waals surface area contributed by atoms with Crippen LogP contribution >= 0.6 is 0 Å². The minimum atomic E-state index is -4.59. The van der Waals surface area contributed by atoms with Gasteiger partial charge in [-0.1, -0.05) is 18.2 Å². The van der Waals surface area contributed by atoms with Gasteiger partial charge < -0.3 is 4.74 Å². The minimum Gasteiger partial charge on any atom is -0.495 e. The lowest BCUT2D eigenvalue weighted by Gasteiger charge is -2.29. The number of nitrogens with one attached hydrogen (secondary N) is 1. The molecule has 1 aliphatic rings. The molecule has 4 aromatic rings. The molecule has 3 heterocycles. The molecule has 1 unspecified atom stereocenters. The zero-order chi connectivity index (χ0) is 27.7. The fourth-order valence-electron chi connectivity index (χ4n) is 4.42. The van der Waals surface area contributed by atoms with Crippen LogP contribution in [-0.2, 0) is 30.3 Å². The number of anilines is 1. The van der Waals surface area contributed by atoms with Crippen molar-refractivity contribution in [3.05, 3.63) is 99.9 Å². The van der Waals surface area contributed by atoms with Crippen LogP contribution in [0.5, 0.6) is 5.75 Å². The van der Waals surface area contributed by atoms with Crippen LogP contribution in [0.4, 0.5) is 23.4 Å². The topological polar surface area (TPSA) is 89.4 Å². The normalized spacial score (nSPS) is 14.5. The number of pyridine rings is 1. The van der Waals surface area contributed by atoms with Crippen molar-refractivity contribution in [1.82, 2.24) is 19.1 Å². The molecule has 1 N–H and O–H groups in total. The maximum atomic E-state index is 15.4. The van der Waals surface area contributed by atoms with E-state index in [1.165, 1.54) is 42.1 Å². The van der Waals surface area contributed by atoms with Gasteiger partial charge in [0.2, 0.25) is 0 Å². The Kier molecular flexibility index (Phi) is 7.19. The second kappa shape index (κ2) is 10.6. The summed E-state index contributed by atoms with van der Waals surface area (Å²) in [4.78, 5) is 13.0. The number of hydrogen-bond donors (Lipinski definition) is 1. The Bertz CT molecular complexity index is 1610. The molecule has 5 rings (SSSR count). The van der Waals surface area contributed by atoms with Gasteiger partial charge in [0.05, 0.1) is 18.4 Å². The van der Waals surface area contributed by atoms with E-state index < -0.39 is 34.3 Å². The highest BCUT2D eigenvalue weighted by atomic mass is 32.2. The zero-order valence-corrected chi connectivity index (χ0v) is 21.2. The number of fused-ring (bicyclic) bond motifs is 1. The van der Waals surface area contributed by atoms with Gasteiger partial charge in [-0.2, -0.15) is 18.3 Å². The molecular formula is C26H21F4N5O3S. The first-order chi connectivity index (χ1) is 18.7. The van der Waals surface area contributed by atoms with Crippen LogP contribution in [0.2, 0.25) is 0 Å². The number of aromatic nitrogens is 3. The van der Waals surface area contributed by atoms with E-state index in [1.807, 2.05) is 0 Å². The average Bonchev–Trinajstić information content (AvgIpc) is 2.93. The van der Waals surface area contributed by atoms with Gasteiger partial charge in [-0.3, -0.25) is 14.1 Å². The summed E-state index contributed by atoms with van der Waals surface area (Å²) in [6.07, 6.45) is -2.79. The van der Waals surface area contributed by atoms with Crippen molar-refractivity contribution in [2.75, 3.05) is 18.4 Å².